The number of carbonyl (C=O) groups is 1. The molecule has 6 heteroatoms. The molecule has 1 atom stereocenters. The second-order valence-corrected chi connectivity index (χ2v) is 7.58. The molecule has 1 aromatic carbocycles. The minimum Gasteiger partial charge on any atom is -0.396 e. The van der Waals surface area contributed by atoms with E-state index in [4.69, 9.17) is 11.6 Å². The van der Waals surface area contributed by atoms with Crippen molar-refractivity contribution in [2.75, 3.05) is 32.8 Å². The third kappa shape index (κ3) is 5.33. The molecule has 1 saturated carbocycles. The van der Waals surface area contributed by atoms with Crippen LogP contribution < -0.4 is 5.32 Å². The summed E-state index contributed by atoms with van der Waals surface area (Å²) in [6.07, 6.45) is 4.37. The highest BCUT2D eigenvalue weighted by atomic mass is 35.5. The second-order valence-electron chi connectivity index (χ2n) is 7.17. The fourth-order valence-corrected chi connectivity index (χ4v) is 3.68. The number of amides is 2. The number of urea groups is 1. The van der Waals surface area contributed by atoms with E-state index in [1.54, 1.807) is 0 Å². The molecule has 2 fully saturated rings. The zero-order valence-corrected chi connectivity index (χ0v) is 15.4. The van der Waals surface area contributed by atoms with E-state index in [1.165, 1.54) is 0 Å². The quantitative estimate of drug-likeness (QED) is 0.781. The number of carbonyl (C=O) groups excluding carboxylic acids is 1. The van der Waals surface area contributed by atoms with Crippen LogP contribution in [0.25, 0.3) is 0 Å². The van der Waals surface area contributed by atoms with Gasteiger partial charge in [-0.15, -0.1) is 0 Å². The van der Waals surface area contributed by atoms with Gasteiger partial charge >= 0.3 is 6.03 Å². The first kappa shape index (κ1) is 18.5. The molecule has 1 aromatic rings. The monoisotopic (exact) mass is 365 g/mol. The van der Waals surface area contributed by atoms with E-state index in [0.29, 0.717) is 30.1 Å². The van der Waals surface area contributed by atoms with Crippen molar-refractivity contribution in [2.45, 2.75) is 38.3 Å². The van der Waals surface area contributed by atoms with Crippen LogP contribution in [0.5, 0.6) is 0 Å². The fraction of sp³-hybridized carbons (Fsp3) is 0.632. The third-order valence-corrected chi connectivity index (χ3v) is 5.48. The second kappa shape index (κ2) is 8.88. The summed E-state index contributed by atoms with van der Waals surface area (Å²) in [4.78, 5) is 16.9. The molecule has 1 heterocycles. The molecule has 2 amide bonds. The number of rotatable bonds is 7. The van der Waals surface area contributed by atoms with Crippen LogP contribution in [-0.4, -0.2) is 59.8 Å². The van der Waals surface area contributed by atoms with Crippen molar-refractivity contribution >= 4 is 17.6 Å². The van der Waals surface area contributed by atoms with Crippen molar-refractivity contribution in [3.63, 3.8) is 0 Å². The van der Waals surface area contributed by atoms with Crippen LogP contribution >= 0.6 is 11.6 Å². The first-order valence-electron chi connectivity index (χ1n) is 9.28. The summed E-state index contributed by atoms with van der Waals surface area (Å²) in [5, 5.41) is 13.1. The van der Waals surface area contributed by atoms with E-state index in [2.05, 4.69) is 10.2 Å². The van der Waals surface area contributed by atoms with Gasteiger partial charge in [0.15, 0.2) is 0 Å². The van der Waals surface area contributed by atoms with Crippen molar-refractivity contribution in [1.29, 1.82) is 0 Å². The molecule has 1 aliphatic carbocycles. The average Bonchev–Trinajstić information content (AvgIpc) is 3.46. The Balaban J connectivity index is 1.47. The molecule has 0 aromatic heterocycles. The molecule has 5 nitrogen and oxygen atoms in total. The number of benzene rings is 1. The summed E-state index contributed by atoms with van der Waals surface area (Å²) < 4.78 is 0. The van der Waals surface area contributed by atoms with Crippen LogP contribution in [0.4, 0.5) is 4.79 Å². The van der Waals surface area contributed by atoms with E-state index in [9.17, 15) is 9.90 Å². The van der Waals surface area contributed by atoms with Gasteiger partial charge in [0, 0.05) is 43.9 Å². The lowest BCUT2D eigenvalue weighted by molar-refractivity contribution is 0.120. The van der Waals surface area contributed by atoms with Gasteiger partial charge in [0.05, 0.1) is 0 Å². The Labute approximate surface area is 154 Å². The Bertz CT molecular complexity index is 580. The fourth-order valence-electron chi connectivity index (χ4n) is 3.49. The van der Waals surface area contributed by atoms with Crippen LogP contribution in [0.3, 0.4) is 0 Å². The maximum Gasteiger partial charge on any atom is 0.317 e. The molecular weight excluding hydrogens is 338 g/mol. The number of hydrogen-bond acceptors (Lipinski definition) is 3. The number of likely N-dealkylation sites (tertiary alicyclic amines) is 1. The number of aliphatic hydroxyl groups excluding tert-OH is 1. The highest BCUT2D eigenvalue weighted by Crippen LogP contribution is 2.29. The van der Waals surface area contributed by atoms with Gasteiger partial charge in [-0.2, -0.15) is 0 Å². The molecule has 0 unspecified atom stereocenters. The maximum absolute atomic E-state index is 12.6. The van der Waals surface area contributed by atoms with Crippen molar-refractivity contribution in [1.82, 2.24) is 15.1 Å². The zero-order valence-electron chi connectivity index (χ0n) is 14.7. The van der Waals surface area contributed by atoms with Gasteiger partial charge in [-0.25, -0.2) is 4.79 Å². The summed E-state index contributed by atoms with van der Waals surface area (Å²) in [5.74, 6) is 0.382. The Kier molecular flexibility index (Phi) is 6.57. The number of nitrogens with zero attached hydrogens (tertiary/aromatic N) is 2. The lowest BCUT2D eigenvalue weighted by atomic mass is 9.99. The molecule has 2 aliphatic rings. The van der Waals surface area contributed by atoms with Crippen molar-refractivity contribution in [3.8, 4) is 0 Å². The summed E-state index contributed by atoms with van der Waals surface area (Å²) in [7, 11) is 0. The van der Waals surface area contributed by atoms with Crippen LogP contribution in [0.1, 0.15) is 31.2 Å². The molecule has 0 bridgehead atoms. The zero-order chi connectivity index (χ0) is 17.6. The molecule has 1 saturated heterocycles. The van der Waals surface area contributed by atoms with Crippen LogP contribution in [0.15, 0.2) is 24.3 Å². The van der Waals surface area contributed by atoms with E-state index in [-0.39, 0.29) is 12.6 Å². The number of aliphatic hydroxyl groups is 1. The lowest BCUT2D eigenvalue weighted by Gasteiger charge is -2.32. The van der Waals surface area contributed by atoms with E-state index < -0.39 is 0 Å². The Hall–Kier alpha value is -1.30. The Morgan fingerprint density at radius 3 is 2.84 bits per heavy atom. The first-order valence-corrected chi connectivity index (χ1v) is 9.66. The summed E-state index contributed by atoms with van der Waals surface area (Å²) in [6.45, 7) is 4.29. The van der Waals surface area contributed by atoms with E-state index >= 15 is 0 Å². The minimum atomic E-state index is -0.00172. The molecule has 25 heavy (non-hydrogen) atoms. The average molecular weight is 366 g/mol. The highest BCUT2D eigenvalue weighted by Gasteiger charge is 2.32. The molecule has 3 rings (SSSR count). The minimum absolute atomic E-state index is 0.00172. The number of halogens is 1. The SMILES string of the molecule is O=C(NCCN1CCC[C@@H](CO)C1)N(Cc1ccccc1Cl)C1CC1. The summed E-state index contributed by atoms with van der Waals surface area (Å²) in [5.41, 5.74) is 0.994. The van der Waals surface area contributed by atoms with Gasteiger partial charge in [0.1, 0.15) is 0 Å². The van der Waals surface area contributed by atoms with Crippen molar-refractivity contribution in [3.05, 3.63) is 34.9 Å². The molecule has 0 spiro atoms. The van der Waals surface area contributed by atoms with Gasteiger partial charge in [0.2, 0.25) is 0 Å². The normalized spacial score (nSPS) is 21.1. The predicted molar refractivity (Wildman–Crippen MR) is 99.7 cm³/mol. The first-order chi connectivity index (χ1) is 12.2. The van der Waals surface area contributed by atoms with Crippen LogP contribution in [0.2, 0.25) is 5.02 Å². The highest BCUT2D eigenvalue weighted by molar-refractivity contribution is 6.31. The molecule has 2 N–H and O–H groups in total. The van der Waals surface area contributed by atoms with Crippen LogP contribution in [0, 0.1) is 5.92 Å². The predicted octanol–water partition coefficient (Wildman–Crippen LogP) is 2.72. The van der Waals surface area contributed by atoms with Gasteiger partial charge in [-0.05, 0) is 49.8 Å². The maximum atomic E-state index is 12.6. The van der Waals surface area contributed by atoms with Crippen molar-refractivity contribution in [2.24, 2.45) is 5.92 Å². The van der Waals surface area contributed by atoms with Gasteiger partial charge in [-0.3, -0.25) is 0 Å². The Morgan fingerprint density at radius 1 is 1.32 bits per heavy atom. The summed E-state index contributed by atoms with van der Waals surface area (Å²) in [6, 6.07) is 8.05. The smallest absolute Gasteiger partial charge is 0.317 e. The van der Waals surface area contributed by atoms with E-state index in [1.807, 2.05) is 29.2 Å². The molecule has 1 aliphatic heterocycles. The largest absolute Gasteiger partial charge is 0.396 e. The lowest BCUT2D eigenvalue weighted by Crippen LogP contribution is -2.45. The number of hydrogen-bond donors (Lipinski definition) is 2. The third-order valence-electron chi connectivity index (χ3n) is 5.11. The van der Waals surface area contributed by atoms with Gasteiger partial charge in [-0.1, -0.05) is 29.8 Å². The van der Waals surface area contributed by atoms with Gasteiger partial charge < -0.3 is 20.2 Å². The summed E-state index contributed by atoms with van der Waals surface area (Å²) >= 11 is 6.25. The Morgan fingerprint density at radius 2 is 2.12 bits per heavy atom. The van der Waals surface area contributed by atoms with Gasteiger partial charge in [0.25, 0.3) is 0 Å². The topological polar surface area (TPSA) is 55.8 Å². The molecule has 0 radical (unpaired) electrons. The molecular formula is C19H28ClN3O2. The van der Waals surface area contributed by atoms with Crippen molar-refractivity contribution < 1.29 is 9.90 Å². The number of piperidine rings is 1. The number of nitrogens with one attached hydrogen (secondary N) is 1. The molecule has 138 valence electrons. The van der Waals surface area contributed by atoms with Crippen LogP contribution in [-0.2, 0) is 6.54 Å². The standard InChI is InChI=1S/C19H28ClN3O2/c20-18-6-2-1-5-16(18)13-23(17-7-8-17)19(25)21-9-11-22-10-3-4-15(12-22)14-24/h1-2,5-6,15,17,24H,3-4,7-14H2,(H,21,25)/t15-/m1/s1. The van der Waals surface area contributed by atoms with E-state index in [0.717, 1.165) is 50.9 Å².